The van der Waals surface area contributed by atoms with E-state index in [-0.39, 0.29) is 5.82 Å². The second-order valence-corrected chi connectivity index (χ2v) is 3.50. The molecule has 1 aliphatic rings. The fourth-order valence-electron chi connectivity index (χ4n) is 1.75. The predicted octanol–water partition coefficient (Wildman–Crippen LogP) is 3.06. The van der Waals surface area contributed by atoms with Crippen LogP contribution in [0.15, 0.2) is 18.2 Å². The van der Waals surface area contributed by atoms with Crippen molar-refractivity contribution in [3.8, 4) is 0 Å². The summed E-state index contributed by atoms with van der Waals surface area (Å²) < 4.78 is 13.2. The molecule has 0 aliphatic carbocycles. The molecule has 1 fully saturated rings. The van der Waals surface area contributed by atoms with E-state index in [9.17, 15) is 4.39 Å². The van der Waals surface area contributed by atoms with Crippen LogP contribution in [-0.4, -0.2) is 18.0 Å². The molecule has 1 heterocycles. The molecule has 0 aromatic heterocycles. The molecule has 1 nitrogen and oxygen atoms in total. The number of rotatable bonds is 2. The molecule has 0 atom stereocenters. The third-order valence-electron chi connectivity index (χ3n) is 2.49. The van der Waals surface area contributed by atoms with Crippen LogP contribution in [0.3, 0.4) is 0 Å². The Morgan fingerprint density at radius 1 is 1.40 bits per heavy atom. The Balaban J connectivity index is 0.000000531. The van der Waals surface area contributed by atoms with Crippen molar-refractivity contribution < 1.29 is 20.7 Å². The zero-order chi connectivity index (χ0) is 11.1. The number of hydrogen-bond acceptors (Lipinski definition) is 1. The van der Waals surface area contributed by atoms with Crippen LogP contribution in [-0.2, 0) is 22.9 Å². The van der Waals surface area contributed by atoms with E-state index >= 15 is 0 Å². The number of benzene rings is 1. The van der Waals surface area contributed by atoms with Gasteiger partial charge in [-0.15, -0.1) is 11.6 Å². The van der Waals surface area contributed by atoms with Gasteiger partial charge in [0, 0.05) is 12.4 Å². The van der Waals surface area contributed by atoms with Crippen molar-refractivity contribution in [3.63, 3.8) is 0 Å². The number of halogens is 2. The average Bonchev–Trinajstić information content (AvgIpc) is 2.77. The Kier molecular flexibility index (Phi) is 6.62. The second kappa shape index (κ2) is 7.48. The minimum atomic E-state index is -0.130. The van der Waals surface area contributed by atoms with Gasteiger partial charge >= 0.3 is 30.0 Å². The molecule has 0 saturated carbocycles. The zero-order valence-corrected chi connectivity index (χ0v) is 13.2. The summed E-state index contributed by atoms with van der Waals surface area (Å²) in [6, 6.07) is 7.73. The van der Waals surface area contributed by atoms with Crippen molar-refractivity contribution in [2.24, 2.45) is 0 Å². The van der Waals surface area contributed by atoms with Crippen molar-refractivity contribution in [1.82, 2.24) is 4.90 Å². The van der Waals surface area contributed by atoms with Gasteiger partial charge in [-0.2, -0.15) is 18.2 Å². The maximum absolute atomic E-state index is 13.2. The monoisotopic (exact) mass is 321 g/mol. The standard InChI is InChI=1S/C11H13FN.BrH.Zn/c12-11-6-2-1-5-10(11)9-13-7-3-4-8-13;;/h1,5-6H,3-4,7-9H2;1H;/q-1;;+2/p-1. The van der Waals surface area contributed by atoms with E-state index in [0.717, 1.165) is 25.2 Å². The number of likely N-dealkylation sites (tertiary alicyclic amines) is 1. The first-order valence-electron chi connectivity index (χ1n) is 5.00. The molecule has 1 aromatic rings. The minimum absolute atomic E-state index is 0.130. The topological polar surface area (TPSA) is 3.24 Å². The summed E-state index contributed by atoms with van der Waals surface area (Å²) in [5, 5.41) is 0. The van der Waals surface area contributed by atoms with E-state index < -0.39 is 0 Å². The first kappa shape index (κ1) is 13.3. The van der Waals surface area contributed by atoms with Gasteiger partial charge in [-0.05, 0) is 25.9 Å². The summed E-state index contributed by atoms with van der Waals surface area (Å²) in [5.74, 6) is -0.130. The molecular formula is C11H13BrFNZn. The Hall–Kier alpha value is 0.213. The van der Waals surface area contributed by atoms with Gasteiger partial charge in [0.15, 0.2) is 0 Å². The summed E-state index contributed by atoms with van der Waals surface area (Å²) >= 11 is 4.25. The molecule has 0 unspecified atom stereocenters. The molecule has 4 heteroatoms. The van der Waals surface area contributed by atoms with E-state index in [0.29, 0.717) is 0 Å². The zero-order valence-electron chi connectivity index (χ0n) is 8.68. The van der Waals surface area contributed by atoms with Crippen LogP contribution >= 0.6 is 13.6 Å². The van der Waals surface area contributed by atoms with E-state index in [2.05, 4.69) is 24.6 Å². The van der Waals surface area contributed by atoms with Crippen LogP contribution in [0, 0.1) is 11.9 Å². The molecule has 0 N–H and O–H groups in total. The molecule has 2 rings (SSSR count). The van der Waals surface area contributed by atoms with Crippen molar-refractivity contribution in [1.29, 1.82) is 0 Å². The van der Waals surface area contributed by atoms with Crippen molar-refractivity contribution in [2.45, 2.75) is 19.4 Å². The van der Waals surface area contributed by atoms with Gasteiger partial charge in [-0.25, -0.2) is 0 Å². The first-order valence-corrected chi connectivity index (χ1v) is 11.9. The fraction of sp³-hybridized carbons (Fsp3) is 0.455. The quantitative estimate of drug-likeness (QED) is 0.597. The van der Waals surface area contributed by atoms with Gasteiger partial charge < -0.3 is 4.90 Å². The van der Waals surface area contributed by atoms with Gasteiger partial charge in [0.05, 0.1) is 0 Å². The van der Waals surface area contributed by atoms with Crippen LogP contribution in [0.2, 0.25) is 0 Å². The molecule has 1 aliphatic heterocycles. The maximum atomic E-state index is 13.2. The van der Waals surface area contributed by atoms with Crippen molar-refractivity contribution in [3.05, 3.63) is 35.6 Å². The van der Waals surface area contributed by atoms with Gasteiger partial charge in [-0.1, -0.05) is 0 Å². The van der Waals surface area contributed by atoms with Crippen LogP contribution in [0.4, 0.5) is 4.39 Å². The molecule has 0 bridgehead atoms. The fourth-order valence-corrected chi connectivity index (χ4v) is 1.75. The average molecular weight is 324 g/mol. The molecule has 78 valence electrons. The summed E-state index contributed by atoms with van der Waals surface area (Å²) in [4.78, 5) is 2.29. The van der Waals surface area contributed by atoms with Gasteiger partial charge in [0.2, 0.25) is 0 Å². The third kappa shape index (κ3) is 4.30. The summed E-state index contributed by atoms with van der Waals surface area (Å²) in [6.07, 6.45) is 2.50. The van der Waals surface area contributed by atoms with Gasteiger partial charge in [0.1, 0.15) is 0 Å². The van der Waals surface area contributed by atoms with Crippen LogP contribution in [0.5, 0.6) is 0 Å². The Bertz CT molecular complexity index is 290. The number of hydrogen-bond donors (Lipinski definition) is 0. The van der Waals surface area contributed by atoms with Gasteiger partial charge in [0.25, 0.3) is 0 Å². The first-order chi connectivity index (χ1) is 7.36. The van der Waals surface area contributed by atoms with Gasteiger partial charge in [-0.3, -0.25) is 4.39 Å². The van der Waals surface area contributed by atoms with Crippen LogP contribution in [0.1, 0.15) is 18.4 Å². The normalized spacial score (nSPS) is 16.0. The molecule has 1 aromatic carbocycles. The van der Waals surface area contributed by atoms with E-state index in [1.165, 1.54) is 35.3 Å². The van der Waals surface area contributed by atoms with E-state index in [1.807, 2.05) is 6.07 Å². The summed E-state index contributed by atoms with van der Waals surface area (Å²) in [6.45, 7) is 2.97. The summed E-state index contributed by atoms with van der Waals surface area (Å²) in [5.41, 5.74) is 0.792. The molecule has 0 radical (unpaired) electrons. The second-order valence-electron chi connectivity index (χ2n) is 3.50. The SMILES string of the molecule is Fc1c[c-]ccc1CN1CCCC1.[Zn+][Br]. The van der Waals surface area contributed by atoms with E-state index in [1.54, 1.807) is 6.07 Å². The molecule has 0 amide bonds. The van der Waals surface area contributed by atoms with Crippen LogP contribution in [0.25, 0.3) is 0 Å². The molecule has 15 heavy (non-hydrogen) atoms. The molecular weight excluding hydrogens is 310 g/mol. The molecule has 1 saturated heterocycles. The number of nitrogens with zero attached hydrogens (tertiary/aromatic N) is 1. The molecule has 0 spiro atoms. The van der Waals surface area contributed by atoms with Crippen LogP contribution < -0.4 is 0 Å². The Labute approximate surface area is 107 Å². The predicted molar refractivity (Wildman–Crippen MR) is 58.7 cm³/mol. The Morgan fingerprint density at radius 2 is 2.07 bits per heavy atom. The third-order valence-corrected chi connectivity index (χ3v) is 2.49. The van der Waals surface area contributed by atoms with Crippen molar-refractivity contribution >= 4 is 13.6 Å². The van der Waals surface area contributed by atoms with Crippen molar-refractivity contribution in [2.75, 3.05) is 13.1 Å². The summed E-state index contributed by atoms with van der Waals surface area (Å²) in [7, 11) is 0. The Morgan fingerprint density at radius 3 is 2.67 bits per heavy atom. The van der Waals surface area contributed by atoms with E-state index in [4.69, 9.17) is 0 Å².